The highest BCUT2D eigenvalue weighted by Gasteiger charge is 2.28. The molecule has 0 heterocycles. The molecule has 0 radical (unpaired) electrons. The highest BCUT2D eigenvalue weighted by molar-refractivity contribution is 4.88. The fourth-order valence-electron chi connectivity index (χ4n) is 3.21. The van der Waals surface area contributed by atoms with Gasteiger partial charge in [0.25, 0.3) is 0 Å². The normalized spacial score (nSPS) is 28.1. The van der Waals surface area contributed by atoms with Crippen LogP contribution >= 0.6 is 0 Å². The molecule has 0 bridgehead atoms. The van der Waals surface area contributed by atoms with Gasteiger partial charge < -0.3 is 10.8 Å². The Balaban J connectivity index is 2.44. The van der Waals surface area contributed by atoms with Gasteiger partial charge in [-0.05, 0) is 39.2 Å². The van der Waals surface area contributed by atoms with E-state index in [4.69, 9.17) is 5.73 Å². The first kappa shape index (κ1) is 15.5. The zero-order chi connectivity index (χ0) is 13.7. The Morgan fingerprint density at radius 1 is 1.39 bits per heavy atom. The van der Waals surface area contributed by atoms with Gasteiger partial charge in [0.1, 0.15) is 0 Å². The number of nitrogens with two attached hydrogens (primary N) is 1. The van der Waals surface area contributed by atoms with Crippen molar-refractivity contribution in [2.24, 2.45) is 11.7 Å². The maximum absolute atomic E-state index is 9.24. The number of hydrogen-bond donors (Lipinski definition) is 2. The molecule has 0 spiro atoms. The van der Waals surface area contributed by atoms with Gasteiger partial charge in [-0.2, -0.15) is 0 Å². The smallest absolute Gasteiger partial charge is 0.0853 e. The number of rotatable bonds is 6. The van der Waals surface area contributed by atoms with E-state index in [1.807, 2.05) is 0 Å². The second kappa shape index (κ2) is 7.15. The Hall–Kier alpha value is -0.540. The lowest BCUT2D eigenvalue weighted by molar-refractivity contribution is 0.113. The van der Waals surface area contributed by atoms with Crippen LogP contribution in [-0.4, -0.2) is 35.2 Å². The summed E-state index contributed by atoms with van der Waals surface area (Å²) < 4.78 is 0. The summed E-state index contributed by atoms with van der Waals surface area (Å²) in [5.74, 6) is 0.770. The van der Waals surface area contributed by atoms with Crippen LogP contribution < -0.4 is 5.73 Å². The molecule has 1 aliphatic rings. The Labute approximate surface area is 112 Å². The van der Waals surface area contributed by atoms with E-state index in [1.165, 1.54) is 19.3 Å². The van der Waals surface area contributed by atoms with Gasteiger partial charge in [0, 0.05) is 24.5 Å². The average Bonchev–Trinajstić information content (AvgIpc) is 2.27. The second-order valence-electron chi connectivity index (χ2n) is 6.14. The van der Waals surface area contributed by atoms with E-state index in [1.54, 1.807) is 0 Å². The summed E-state index contributed by atoms with van der Waals surface area (Å²) in [6, 6.07) is 1.36. The van der Waals surface area contributed by atoms with E-state index in [-0.39, 0.29) is 0 Å². The van der Waals surface area contributed by atoms with Crippen LogP contribution in [0.25, 0.3) is 0 Å². The highest BCUT2D eigenvalue weighted by Crippen LogP contribution is 2.25. The molecule has 0 aliphatic heterocycles. The molecule has 0 amide bonds. The first-order chi connectivity index (χ1) is 8.41. The summed E-state index contributed by atoms with van der Waals surface area (Å²) in [6.45, 7) is 8.01. The number of nitrogens with zero attached hydrogens (tertiary/aromatic N) is 1. The van der Waals surface area contributed by atoms with Crippen LogP contribution in [0, 0.1) is 5.92 Å². The van der Waals surface area contributed by atoms with Crippen LogP contribution in [0.4, 0.5) is 0 Å². The van der Waals surface area contributed by atoms with Crippen LogP contribution in [0.15, 0.2) is 12.3 Å². The van der Waals surface area contributed by atoms with Gasteiger partial charge >= 0.3 is 0 Å². The van der Waals surface area contributed by atoms with E-state index in [0.29, 0.717) is 36.2 Å². The quantitative estimate of drug-likeness (QED) is 0.716. The third kappa shape index (κ3) is 4.62. The van der Waals surface area contributed by atoms with Crippen molar-refractivity contribution >= 4 is 0 Å². The highest BCUT2D eigenvalue weighted by atomic mass is 16.3. The van der Waals surface area contributed by atoms with Gasteiger partial charge in [0.05, 0.1) is 5.76 Å². The van der Waals surface area contributed by atoms with Gasteiger partial charge in [-0.15, -0.1) is 0 Å². The number of hydrogen-bond acceptors (Lipinski definition) is 3. The molecule has 18 heavy (non-hydrogen) atoms. The van der Waals surface area contributed by atoms with Crippen molar-refractivity contribution in [3.05, 3.63) is 12.3 Å². The summed E-state index contributed by atoms with van der Waals surface area (Å²) in [6.07, 6.45) is 6.75. The molecular weight excluding hydrogens is 224 g/mol. The van der Waals surface area contributed by atoms with E-state index < -0.39 is 0 Å². The van der Waals surface area contributed by atoms with E-state index in [0.717, 1.165) is 12.8 Å². The number of likely N-dealkylation sites (N-methyl/N-ethyl adjacent to an activating group) is 1. The molecule has 106 valence electrons. The molecule has 1 fully saturated rings. The van der Waals surface area contributed by atoms with Crippen LogP contribution in [0.5, 0.6) is 0 Å². The largest absolute Gasteiger partial charge is 0.513 e. The molecule has 0 aromatic rings. The predicted octanol–water partition coefficient (Wildman–Crippen LogP) is 3.06. The first-order valence-electron chi connectivity index (χ1n) is 7.26. The van der Waals surface area contributed by atoms with E-state index in [9.17, 15) is 5.11 Å². The summed E-state index contributed by atoms with van der Waals surface area (Å²) in [5.41, 5.74) is 6.23. The molecule has 0 aromatic carbocycles. The summed E-state index contributed by atoms with van der Waals surface area (Å²) in [7, 11) is 2.20. The molecule has 1 rings (SSSR count). The molecule has 1 aliphatic carbocycles. The zero-order valence-electron chi connectivity index (χ0n) is 12.2. The lowest BCUT2D eigenvalue weighted by atomic mass is 9.88. The molecular formula is C15H30N2O. The van der Waals surface area contributed by atoms with Gasteiger partial charge in [0.2, 0.25) is 0 Å². The van der Waals surface area contributed by atoms with Gasteiger partial charge in [-0.3, -0.25) is 4.90 Å². The van der Waals surface area contributed by atoms with Crippen LogP contribution in [-0.2, 0) is 0 Å². The Morgan fingerprint density at radius 3 is 2.56 bits per heavy atom. The minimum Gasteiger partial charge on any atom is -0.513 e. The van der Waals surface area contributed by atoms with Crippen molar-refractivity contribution < 1.29 is 5.11 Å². The standard InChI is InChI=1S/C15H30N2O/c1-11(10-13(3)18)9-12(2)17(4)15-8-6-5-7-14(15)16/h11-12,14-15,18H,3,5-10,16H2,1-2,4H3. The minimum atomic E-state index is 0.298. The third-order valence-electron chi connectivity index (χ3n) is 4.33. The minimum absolute atomic E-state index is 0.298. The molecule has 0 saturated heterocycles. The van der Waals surface area contributed by atoms with Crippen molar-refractivity contribution in [2.75, 3.05) is 7.05 Å². The third-order valence-corrected chi connectivity index (χ3v) is 4.33. The first-order valence-corrected chi connectivity index (χ1v) is 7.26. The maximum Gasteiger partial charge on any atom is 0.0853 e. The maximum atomic E-state index is 9.24. The summed E-state index contributed by atoms with van der Waals surface area (Å²) in [5, 5.41) is 9.24. The molecule has 0 aromatic heterocycles. The molecule has 4 atom stereocenters. The van der Waals surface area contributed by atoms with Crippen molar-refractivity contribution in [1.82, 2.24) is 4.90 Å². The monoisotopic (exact) mass is 254 g/mol. The average molecular weight is 254 g/mol. The lowest BCUT2D eigenvalue weighted by Gasteiger charge is -2.40. The Morgan fingerprint density at radius 2 is 2.00 bits per heavy atom. The zero-order valence-corrected chi connectivity index (χ0v) is 12.2. The summed E-state index contributed by atoms with van der Waals surface area (Å²) >= 11 is 0. The van der Waals surface area contributed by atoms with Crippen molar-refractivity contribution in [1.29, 1.82) is 0 Å². The lowest BCUT2D eigenvalue weighted by Crippen LogP contribution is -2.51. The van der Waals surface area contributed by atoms with Gasteiger partial charge in [-0.25, -0.2) is 0 Å². The Bertz CT molecular complexity index is 267. The van der Waals surface area contributed by atoms with Crippen LogP contribution in [0.2, 0.25) is 0 Å². The van der Waals surface area contributed by atoms with Crippen LogP contribution in [0.3, 0.4) is 0 Å². The predicted molar refractivity (Wildman–Crippen MR) is 77.6 cm³/mol. The topological polar surface area (TPSA) is 49.5 Å². The Kier molecular flexibility index (Phi) is 6.16. The molecule has 3 N–H and O–H groups in total. The fourth-order valence-corrected chi connectivity index (χ4v) is 3.21. The van der Waals surface area contributed by atoms with Gasteiger partial charge in [0.15, 0.2) is 0 Å². The second-order valence-corrected chi connectivity index (χ2v) is 6.14. The van der Waals surface area contributed by atoms with Crippen molar-refractivity contribution in [2.45, 2.75) is 70.5 Å². The SMILES string of the molecule is C=C(O)CC(C)CC(C)N(C)C1CCCCC1N. The number of aliphatic hydroxyl groups is 1. The fraction of sp³-hybridized carbons (Fsp3) is 0.867. The number of aliphatic hydroxyl groups excluding tert-OH is 1. The van der Waals surface area contributed by atoms with Crippen molar-refractivity contribution in [3.63, 3.8) is 0 Å². The molecule has 3 nitrogen and oxygen atoms in total. The van der Waals surface area contributed by atoms with Gasteiger partial charge in [-0.1, -0.05) is 26.3 Å². The van der Waals surface area contributed by atoms with E-state index in [2.05, 4.69) is 32.4 Å². The number of allylic oxidation sites excluding steroid dienone is 1. The van der Waals surface area contributed by atoms with E-state index >= 15 is 0 Å². The molecule has 3 heteroatoms. The van der Waals surface area contributed by atoms with Crippen molar-refractivity contribution in [3.8, 4) is 0 Å². The summed E-state index contributed by atoms with van der Waals surface area (Å²) in [4.78, 5) is 2.44. The van der Waals surface area contributed by atoms with Crippen LogP contribution in [0.1, 0.15) is 52.4 Å². The molecule has 1 saturated carbocycles. The molecule has 4 unspecified atom stereocenters.